The van der Waals surface area contributed by atoms with Gasteiger partial charge in [0.1, 0.15) is 5.78 Å². The van der Waals surface area contributed by atoms with Crippen LogP contribution in [0.3, 0.4) is 0 Å². The maximum atomic E-state index is 13.6. The van der Waals surface area contributed by atoms with Gasteiger partial charge in [-0.15, -0.1) is 0 Å². The summed E-state index contributed by atoms with van der Waals surface area (Å²) in [6, 6.07) is 14.5. The first-order chi connectivity index (χ1) is 18.5. The lowest BCUT2D eigenvalue weighted by atomic mass is 9.70. The molecule has 0 bridgehead atoms. The maximum Gasteiger partial charge on any atom is 0.264 e. The highest BCUT2D eigenvalue weighted by atomic mass is 32.2. The number of carbonyl (C=O) groups excluding carboxylic acids is 1. The van der Waals surface area contributed by atoms with Gasteiger partial charge in [0.05, 0.1) is 10.6 Å². The molecule has 1 aliphatic carbocycles. The van der Waals surface area contributed by atoms with Crippen LogP contribution < -0.4 is 4.72 Å². The molecular weight excluding hydrogens is 512 g/mol. The van der Waals surface area contributed by atoms with E-state index in [-0.39, 0.29) is 27.9 Å². The van der Waals surface area contributed by atoms with Crippen molar-refractivity contribution in [3.8, 4) is 22.5 Å². The quantitative estimate of drug-likeness (QED) is 0.296. The van der Waals surface area contributed by atoms with Crippen LogP contribution in [-0.2, 0) is 21.2 Å². The van der Waals surface area contributed by atoms with Gasteiger partial charge in [0.2, 0.25) is 5.88 Å². The number of benzene rings is 2. The number of nitrogens with one attached hydrogen (secondary N) is 1. The van der Waals surface area contributed by atoms with E-state index in [1.807, 2.05) is 38.1 Å². The van der Waals surface area contributed by atoms with Crippen LogP contribution in [0.4, 0.5) is 5.88 Å². The largest absolute Gasteiger partial charge is 0.337 e. The van der Waals surface area contributed by atoms with E-state index < -0.39 is 10.0 Å². The van der Waals surface area contributed by atoms with Crippen LogP contribution in [0.15, 0.2) is 70.3 Å². The summed E-state index contributed by atoms with van der Waals surface area (Å²) < 4.78 is 35.0. The van der Waals surface area contributed by atoms with E-state index in [1.54, 1.807) is 50.5 Å². The van der Waals surface area contributed by atoms with Crippen LogP contribution in [0.1, 0.15) is 49.9 Å². The number of ketones is 1. The Bertz CT molecular complexity index is 1630. The van der Waals surface area contributed by atoms with Gasteiger partial charge in [-0.1, -0.05) is 49.3 Å². The number of aromatic nitrogens is 3. The summed E-state index contributed by atoms with van der Waals surface area (Å²) in [5.74, 6) is 1.12. The average molecular weight is 545 g/mol. The van der Waals surface area contributed by atoms with Gasteiger partial charge in [-0.3, -0.25) is 4.79 Å². The minimum atomic E-state index is -4.00. The predicted molar refractivity (Wildman–Crippen MR) is 150 cm³/mol. The Morgan fingerprint density at radius 1 is 1.03 bits per heavy atom. The van der Waals surface area contributed by atoms with Crippen molar-refractivity contribution in [2.24, 2.45) is 11.3 Å². The van der Waals surface area contributed by atoms with Gasteiger partial charge in [0, 0.05) is 40.9 Å². The molecule has 4 aromatic rings. The van der Waals surface area contributed by atoms with Crippen LogP contribution in [0, 0.1) is 25.2 Å². The summed E-state index contributed by atoms with van der Waals surface area (Å²) in [7, 11) is -4.00. The van der Waals surface area contributed by atoms with Gasteiger partial charge in [-0.2, -0.15) is 0 Å². The highest BCUT2D eigenvalue weighted by molar-refractivity contribution is 7.92. The molecular formula is C30H32N4O4S. The van der Waals surface area contributed by atoms with Crippen LogP contribution in [0.5, 0.6) is 0 Å². The van der Waals surface area contributed by atoms with E-state index in [0.29, 0.717) is 35.5 Å². The van der Waals surface area contributed by atoms with Gasteiger partial charge < -0.3 is 4.52 Å². The number of sulfonamides is 1. The minimum Gasteiger partial charge on any atom is -0.337 e. The van der Waals surface area contributed by atoms with Crippen molar-refractivity contribution in [2.75, 3.05) is 4.72 Å². The summed E-state index contributed by atoms with van der Waals surface area (Å²) >= 11 is 0. The lowest BCUT2D eigenvalue weighted by Crippen LogP contribution is -2.32. The number of rotatable bonds is 7. The highest BCUT2D eigenvalue weighted by Gasteiger charge is 2.35. The van der Waals surface area contributed by atoms with Gasteiger partial charge in [0.15, 0.2) is 5.82 Å². The summed E-state index contributed by atoms with van der Waals surface area (Å²) in [5, 5.41) is 3.87. The number of aryl methyl sites for hydroxylation is 1. The van der Waals surface area contributed by atoms with Crippen molar-refractivity contribution in [3.05, 3.63) is 77.7 Å². The first kappa shape index (κ1) is 26.7. The van der Waals surface area contributed by atoms with Crippen molar-refractivity contribution >= 4 is 21.7 Å². The second-order valence-electron chi connectivity index (χ2n) is 10.9. The molecule has 1 saturated carbocycles. The topological polar surface area (TPSA) is 115 Å². The van der Waals surface area contributed by atoms with E-state index in [2.05, 4.69) is 19.8 Å². The minimum absolute atomic E-state index is 0.0995. The molecule has 0 saturated heterocycles. The number of hydrogen-bond acceptors (Lipinski definition) is 7. The van der Waals surface area contributed by atoms with Crippen molar-refractivity contribution in [1.82, 2.24) is 15.1 Å². The molecule has 39 heavy (non-hydrogen) atoms. The molecule has 0 amide bonds. The Balaban J connectivity index is 1.58. The standard InChI is InChI=1S/C30H32N4O4S/c1-19-20(2)33-38-29(19)34-39(36,37)26-9-6-5-8-25(26)24-11-10-22(28-31-14-7-15-32-28)18-23(24)16-21-12-13-30(3,4)27(35)17-21/h5-11,14-15,18,21,34H,12-13,16-17H2,1-4H3. The molecule has 2 heterocycles. The van der Waals surface area contributed by atoms with Crippen molar-refractivity contribution in [2.45, 2.75) is 58.3 Å². The molecule has 1 unspecified atom stereocenters. The molecule has 0 radical (unpaired) electrons. The Morgan fingerprint density at radius 3 is 2.46 bits per heavy atom. The number of hydrogen-bond donors (Lipinski definition) is 1. The van der Waals surface area contributed by atoms with E-state index in [1.165, 1.54) is 0 Å². The molecule has 1 N–H and O–H groups in total. The normalized spacial score (nSPS) is 17.2. The zero-order valence-electron chi connectivity index (χ0n) is 22.6. The lowest BCUT2D eigenvalue weighted by molar-refractivity contribution is -0.130. The average Bonchev–Trinajstić information content (AvgIpc) is 3.23. The van der Waals surface area contributed by atoms with Crippen LogP contribution in [0.25, 0.3) is 22.5 Å². The van der Waals surface area contributed by atoms with Crippen LogP contribution in [0.2, 0.25) is 0 Å². The molecule has 0 aliphatic heterocycles. The molecule has 0 spiro atoms. The van der Waals surface area contributed by atoms with E-state index >= 15 is 0 Å². The maximum absolute atomic E-state index is 13.6. The third-order valence-corrected chi connectivity index (χ3v) is 9.08. The molecule has 2 aromatic carbocycles. The Labute approximate surface area is 228 Å². The fourth-order valence-corrected chi connectivity index (χ4v) is 6.32. The third kappa shape index (κ3) is 5.49. The molecule has 1 aliphatic rings. The van der Waals surface area contributed by atoms with Gasteiger partial charge in [-0.05, 0) is 68.4 Å². The van der Waals surface area contributed by atoms with Gasteiger partial charge in [-0.25, -0.2) is 23.1 Å². The summed E-state index contributed by atoms with van der Waals surface area (Å²) in [6.45, 7) is 7.53. The Hall–Kier alpha value is -3.85. The van der Waals surface area contributed by atoms with Crippen LogP contribution in [-0.4, -0.2) is 29.3 Å². The van der Waals surface area contributed by atoms with E-state index in [0.717, 1.165) is 29.5 Å². The number of Topliss-reactive ketones (excluding diaryl/α,β-unsaturated/α-hetero) is 1. The molecule has 9 heteroatoms. The monoisotopic (exact) mass is 544 g/mol. The fraction of sp³-hybridized carbons (Fsp3) is 0.333. The van der Waals surface area contributed by atoms with E-state index in [9.17, 15) is 13.2 Å². The number of anilines is 1. The smallest absolute Gasteiger partial charge is 0.264 e. The zero-order valence-corrected chi connectivity index (χ0v) is 23.4. The van der Waals surface area contributed by atoms with Gasteiger partial charge in [0.25, 0.3) is 10.0 Å². The molecule has 1 fully saturated rings. The molecule has 1 atom stereocenters. The summed E-state index contributed by atoms with van der Waals surface area (Å²) in [4.78, 5) is 21.7. The Kier molecular flexibility index (Phi) is 7.11. The fourth-order valence-electron chi connectivity index (χ4n) is 5.05. The van der Waals surface area contributed by atoms with Crippen LogP contribution >= 0.6 is 0 Å². The van der Waals surface area contributed by atoms with E-state index in [4.69, 9.17) is 4.52 Å². The third-order valence-electron chi connectivity index (χ3n) is 7.70. The zero-order chi connectivity index (χ0) is 27.8. The SMILES string of the molecule is Cc1noc(NS(=O)(=O)c2ccccc2-c2ccc(-c3ncccn3)cc2CC2CCC(C)(C)C(=O)C2)c1C. The van der Waals surface area contributed by atoms with Crippen molar-refractivity contribution in [3.63, 3.8) is 0 Å². The molecule has 5 rings (SSSR count). The number of nitrogens with zero attached hydrogens (tertiary/aromatic N) is 3. The first-order valence-electron chi connectivity index (χ1n) is 13.0. The second kappa shape index (κ2) is 10.4. The highest BCUT2D eigenvalue weighted by Crippen LogP contribution is 2.40. The lowest BCUT2D eigenvalue weighted by Gasteiger charge is -2.33. The predicted octanol–water partition coefficient (Wildman–Crippen LogP) is 6.15. The van der Waals surface area contributed by atoms with Crippen molar-refractivity contribution < 1.29 is 17.7 Å². The Morgan fingerprint density at radius 2 is 1.77 bits per heavy atom. The molecule has 8 nitrogen and oxygen atoms in total. The van der Waals surface area contributed by atoms with Crippen molar-refractivity contribution in [1.29, 1.82) is 0 Å². The summed E-state index contributed by atoms with van der Waals surface area (Å²) in [6.07, 6.45) is 6.29. The first-order valence-corrected chi connectivity index (χ1v) is 14.5. The second-order valence-corrected chi connectivity index (χ2v) is 12.5. The molecule has 202 valence electrons. The van der Waals surface area contributed by atoms with Gasteiger partial charge >= 0.3 is 0 Å². The molecule has 2 aromatic heterocycles. The number of carbonyl (C=O) groups is 1. The summed E-state index contributed by atoms with van der Waals surface area (Å²) in [5.41, 5.74) is 4.09.